The van der Waals surface area contributed by atoms with Gasteiger partial charge in [-0.25, -0.2) is 9.97 Å². The highest BCUT2D eigenvalue weighted by Crippen LogP contribution is 2.36. The van der Waals surface area contributed by atoms with Crippen LogP contribution in [-0.2, 0) is 9.47 Å². The lowest BCUT2D eigenvalue weighted by Crippen LogP contribution is -2.19. The molecule has 0 bridgehead atoms. The molecule has 1 aliphatic rings. The lowest BCUT2D eigenvalue weighted by Gasteiger charge is -2.15. The zero-order valence-electron chi connectivity index (χ0n) is 18.7. The topological polar surface area (TPSA) is 124 Å². The number of pyridine rings is 2. The average molecular weight is 445 g/mol. The Morgan fingerprint density at radius 3 is 2.76 bits per heavy atom. The highest BCUT2D eigenvalue weighted by atomic mass is 16.7. The predicted octanol–water partition coefficient (Wildman–Crippen LogP) is 3.99. The maximum absolute atomic E-state index is 9.11. The molecule has 4 aromatic rings. The SMILES string of the molecule is CC(C)Nc1cc(-n2ncc3cc(C#N)cnc32)ncc1-c1cc([C@@H]2COC(C)(C)O2)no1. The van der Waals surface area contributed by atoms with Crippen molar-refractivity contribution in [3.05, 3.63) is 48.0 Å². The van der Waals surface area contributed by atoms with E-state index in [0.717, 1.165) is 16.6 Å². The summed E-state index contributed by atoms with van der Waals surface area (Å²) in [6, 6.07) is 7.75. The minimum absolute atomic E-state index is 0.166. The molecule has 168 valence electrons. The number of ether oxygens (including phenoxy) is 2. The molecule has 0 aromatic carbocycles. The fourth-order valence-corrected chi connectivity index (χ4v) is 3.74. The third kappa shape index (κ3) is 4.04. The van der Waals surface area contributed by atoms with Gasteiger partial charge in [0.05, 0.1) is 29.6 Å². The van der Waals surface area contributed by atoms with Crippen LogP contribution in [0.25, 0.3) is 28.2 Å². The number of nitrogens with one attached hydrogen (secondary N) is 1. The zero-order chi connectivity index (χ0) is 23.2. The molecular weight excluding hydrogens is 422 g/mol. The first-order chi connectivity index (χ1) is 15.8. The highest BCUT2D eigenvalue weighted by Gasteiger charge is 2.35. The standard InChI is InChI=1S/C23H23N7O3/c1-13(2)28-17-7-21(30-22-15(10-27-30)5-14(8-24)9-26-22)25-11-16(17)19-6-18(29-33-19)20-12-31-23(3,4)32-20/h5-7,9-11,13,20H,12H2,1-4H3,(H,25,28)/t20-/m0/s1. The summed E-state index contributed by atoms with van der Waals surface area (Å²) in [6.07, 6.45) is 4.62. The van der Waals surface area contributed by atoms with Crippen molar-refractivity contribution in [1.29, 1.82) is 5.26 Å². The summed E-state index contributed by atoms with van der Waals surface area (Å²) >= 11 is 0. The second-order valence-corrected chi connectivity index (χ2v) is 8.63. The van der Waals surface area contributed by atoms with Crippen molar-refractivity contribution >= 4 is 16.7 Å². The lowest BCUT2D eigenvalue weighted by atomic mass is 10.1. The first-order valence-corrected chi connectivity index (χ1v) is 10.6. The third-order valence-electron chi connectivity index (χ3n) is 5.22. The number of aromatic nitrogens is 5. The van der Waals surface area contributed by atoms with E-state index >= 15 is 0 Å². The van der Waals surface area contributed by atoms with Crippen LogP contribution in [0.1, 0.15) is 45.1 Å². The van der Waals surface area contributed by atoms with Gasteiger partial charge in [0, 0.05) is 36.0 Å². The van der Waals surface area contributed by atoms with E-state index in [9.17, 15) is 0 Å². The molecule has 5 rings (SSSR count). The van der Waals surface area contributed by atoms with Crippen LogP contribution in [0.5, 0.6) is 0 Å². The van der Waals surface area contributed by atoms with E-state index in [2.05, 4.69) is 45.5 Å². The van der Waals surface area contributed by atoms with Gasteiger partial charge < -0.3 is 19.3 Å². The zero-order valence-corrected chi connectivity index (χ0v) is 18.7. The molecule has 1 saturated heterocycles. The predicted molar refractivity (Wildman–Crippen MR) is 119 cm³/mol. The smallest absolute Gasteiger partial charge is 0.170 e. The second-order valence-electron chi connectivity index (χ2n) is 8.63. The van der Waals surface area contributed by atoms with E-state index in [1.807, 2.05) is 26.0 Å². The van der Waals surface area contributed by atoms with Gasteiger partial charge in [-0.05, 0) is 33.8 Å². The van der Waals surface area contributed by atoms with Crippen LogP contribution < -0.4 is 5.32 Å². The number of nitrogens with zero attached hydrogens (tertiary/aromatic N) is 6. The van der Waals surface area contributed by atoms with Gasteiger partial charge in [-0.2, -0.15) is 15.0 Å². The van der Waals surface area contributed by atoms with Gasteiger partial charge in [-0.1, -0.05) is 5.16 Å². The van der Waals surface area contributed by atoms with E-state index in [4.69, 9.17) is 19.3 Å². The van der Waals surface area contributed by atoms with Crippen molar-refractivity contribution in [3.8, 4) is 23.2 Å². The summed E-state index contributed by atoms with van der Waals surface area (Å²) in [6.45, 7) is 8.26. The van der Waals surface area contributed by atoms with Gasteiger partial charge >= 0.3 is 0 Å². The molecule has 0 radical (unpaired) electrons. The van der Waals surface area contributed by atoms with Crippen LogP contribution in [-0.4, -0.2) is 43.3 Å². The highest BCUT2D eigenvalue weighted by molar-refractivity contribution is 5.79. The van der Waals surface area contributed by atoms with E-state index in [1.165, 1.54) is 6.20 Å². The van der Waals surface area contributed by atoms with Crippen LogP contribution >= 0.6 is 0 Å². The van der Waals surface area contributed by atoms with Crippen LogP contribution in [0.2, 0.25) is 0 Å². The number of hydrogen-bond donors (Lipinski definition) is 1. The van der Waals surface area contributed by atoms with Gasteiger partial charge in [-0.3, -0.25) is 0 Å². The first-order valence-electron chi connectivity index (χ1n) is 10.6. The molecule has 0 unspecified atom stereocenters. The van der Waals surface area contributed by atoms with Crippen molar-refractivity contribution in [3.63, 3.8) is 0 Å². The first kappa shape index (κ1) is 21.1. The minimum Gasteiger partial charge on any atom is -0.382 e. The number of hydrogen-bond acceptors (Lipinski definition) is 9. The minimum atomic E-state index is -0.647. The van der Waals surface area contributed by atoms with E-state index < -0.39 is 5.79 Å². The Morgan fingerprint density at radius 1 is 1.18 bits per heavy atom. The van der Waals surface area contributed by atoms with E-state index in [1.54, 1.807) is 23.1 Å². The Kier molecular flexibility index (Phi) is 5.08. The van der Waals surface area contributed by atoms with Crippen molar-refractivity contribution in [1.82, 2.24) is 24.9 Å². The molecule has 33 heavy (non-hydrogen) atoms. The van der Waals surface area contributed by atoms with Crippen LogP contribution in [0.3, 0.4) is 0 Å². The van der Waals surface area contributed by atoms with Crippen LogP contribution in [0.4, 0.5) is 5.69 Å². The second kappa shape index (κ2) is 7.95. The van der Waals surface area contributed by atoms with E-state index in [0.29, 0.717) is 35.1 Å². The maximum Gasteiger partial charge on any atom is 0.170 e. The maximum atomic E-state index is 9.11. The Morgan fingerprint density at radius 2 is 2.03 bits per heavy atom. The summed E-state index contributed by atoms with van der Waals surface area (Å²) in [4.78, 5) is 8.98. The Balaban J connectivity index is 1.52. The molecule has 0 saturated carbocycles. The number of fused-ring (bicyclic) bond motifs is 1. The Labute approximate surface area is 190 Å². The molecular formula is C23H23N7O3. The average Bonchev–Trinajstić information content (AvgIpc) is 3.50. The molecule has 1 fully saturated rings. The normalized spacial score (nSPS) is 17.5. The molecule has 4 aromatic heterocycles. The molecule has 0 amide bonds. The molecule has 5 heterocycles. The van der Waals surface area contributed by atoms with Crippen LogP contribution in [0.15, 0.2) is 41.3 Å². The van der Waals surface area contributed by atoms with Gasteiger partial charge in [0.2, 0.25) is 0 Å². The van der Waals surface area contributed by atoms with Crippen molar-refractivity contribution in [2.75, 3.05) is 11.9 Å². The lowest BCUT2D eigenvalue weighted by molar-refractivity contribution is -0.139. The van der Waals surface area contributed by atoms with Gasteiger partial charge in [0.15, 0.2) is 23.0 Å². The molecule has 0 spiro atoms. The fourth-order valence-electron chi connectivity index (χ4n) is 3.74. The Hall–Kier alpha value is -3.81. The molecule has 10 nitrogen and oxygen atoms in total. The molecule has 1 aliphatic heterocycles. The summed E-state index contributed by atoms with van der Waals surface area (Å²) in [5.74, 6) is 0.511. The summed E-state index contributed by atoms with van der Waals surface area (Å²) in [5, 5.41) is 21.9. The van der Waals surface area contributed by atoms with Gasteiger partial charge in [0.25, 0.3) is 0 Å². The molecule has 1 N–H and O–H groups in total. The van der Waals surface area contributed by atoms with Crippen molar-refractivity contribution < 1.29 is 14.0 Å². The van der Waals surface area contributed by atoms with Gasteiger partial charge in [-0.15, -0.1) is 0 Å². The summed E-state index contributed by atoms with van der Waals surface area (Å²) in [7, 11) is 0. The molecule has 0 aliphatic carbocycles. The van der Waals surface area contributed by atoms with E-state index in [-0.39, 0.29) is 12.1 Å². The third-order valence-corrected chi connectivity index (χ3v) is 5.22. The van der Waals surface area contributed by atoms with Crippen LogP contribution in [0, 0.1) is 11.3 Å². The molecule has 10 heteroatoms. The fraction of sp³-hybridized carbons (Fsp3) is 0.348. The Bertz CT molecular complexity index is 1370. The number of rotatable bonds is 5. The van der Waals surface area contributed by atoms with Crippen molar-refractivity contribution in [2.24, 2.45) is 0 Å². The largest absolute Gasteiger partial charge is 0.382 e. The van der Waals surface area contributed by atoms with Gasteiger partial charge in [0.1, 0.15) is 17.9 Å². The monoisotopic (exact) mass is 445 g/mol. The summed E-state index contributed by atoms with van der Waals surface area (Å²) in [5.41, 5.74) is 3.35. The number of nitriles is 1. The summed E-state index contributed by atoms with van der Waals surface area (Å²) < 4.78 is 18.8. The van der Waals surface area contributed by atoms with Crippen molar-refractivity contribution in [2.45, 2.75) is 45.6 Å². The quantitative estimate of drug-likeness (QED) is 0.485. The number of anilines is 1. The molecule has 1 atom stereocenters.